The van der Waals surface area contributed by atoms with Crippen LogP contribution in [-0.4, -0.2) is 40.7 Å². The lowest BCUT2D eigenvalue weighted by Gasteiger charge is -2.16. The summed E-state index contributed by atoms with van der Waals surface area (Å²) in [5.41, 5.74) is 4.58. The highest BCUT2D eigenvalue weighted by atomic mass is 19.2. The number of carbonyl (C=O) groups excluding carboxylic acids is 1. The second-order valence-electron chi connectivity index (χ2n) is 9.73. The van der Waals surface area contributed by atoms with Crippen LogP contribution in [0.4, 0.5) is 8.78 Å². The third-order valence-electron chi connectivity index (χ3n) is 6.67. The molecule has 0 bridgehead atoms. The molecule has 0 spiro atoms. The van der Waals surface area contributed by atoms with Crippen molar-refractivity contribution in [3.8, 4) is 0 Å². The van der Waals surface area contributed by atoms with Gasteiger partial charge in [0.2, 0.25) is 5.90 Å². The summed E-state index contributed by atoms with van der Waals surface area (Å²) in [6, 6.07) is 19.0. The topological polar surface area (TPSA) is 75.8 Å². The van der Waals surface area contributed by atoms with E-state index in [-0.39, 0.29) is 31.0 Å². The molecule has 0 saturated carbocycles. The van der Waals surface area contributed by atoms with Crippen LogP contribution < -0.4 is 5.32 Å². The standard InChI is InChI=1S/C30H29F2N3O3/c1-18(2)28-27(29(37)33-14-20-8-11-24(31)25(32)12-20)23-10-9-21(30-34-22(16-36)17-38-30)13-26(23)35(28)15-19-6-4-3-5-7-19/h3-13,18,22,36H,14-17H2,1-2H3,(H,33,37)/t22-/m0/s1. The van der Waals surface area contributed by atoms with Crippen molar-refractivity contribution in [2.45, 2.75) is 38.9 Å². The maximum absolute atomic E-state index is 13.7. The van der Waals surface area contributed by atoms with Crippen LogP contribution in [0.25, 0.3) is 10.9 Å². The highest BCUT2D eigenvalue weighted by Crippen LogP contribution is 2.33. The number of nitrogens with zero attached hydrogens (tertiary/aromatic N) is 2. The summed E-state index contributed by atoms with van der Waals surface area (Å²) >= 11 is 0. The van der Waals surface area contributed by atoms with Gasteiger partial charge in [-0.2, -0.15) is 0 Å². The van der Waals surface area contributed by atoms with Gasteiger partial charge in [-0.25, -0.2) is 13.8 Å². The van der Waals surface area contributed by atoms with Crippen LogP contribution in [0.5, 0.6) is 0 Å². The normalized spacial score (nSPS) is 15.1. The van der Waals surface area contributed by atoms with Crippen LogP contribution in [0.15, 0.2) is 71.7 Å². The molecule has 0 unspecified atom stereocenters. The van der Waals surface area contributed by atoms with E-state index in [0.29, 0.717) is 30.2 Å². The Kier molecular flexibility index (Phi) is 7.24. The fraction of sp³-hybridized carbons (Fsp3) is 0.267. The molecule has 0 radical (unpaired) electrons. The average Bonchev–Trinajstić information content (AvgIpc) is 3.53. The first kappa shape index (κ1) is 25.6. The first-order valence-corrected chi connectivity index (χ1v) is 12.6. The number of aliphatic hydroxyl groups is 1. The Morgan fingerprint density at radius 2 is 1.87 bits per heavy atom. The molecule has 38 heavy (non-hydrogen) atoms. The minimum absolute atomic E-state index is 0.0115. The smallest absolute Gasteiger partial charge is 0.254 e. The molecule has 5 rings (SSSR count). The van der Waals surface area contributed by atoms with Crippen molar-refractivity contribution >= 4 is 22.7 Å². The average molecular weight is 518 g/mol. The van der Waals surface area contributed by atoms with Crippen LogP contribution >= 0.6 is 0 Å². The molecular weight excluding hydrogens is 488 g/mol. The fourth-order valence-electron chi connectivity index (χ4n) is 4.86. The molecule has 2 heterocycles. The highest BCUT2D eigenvalue weighted by Gasteiger charge is 2.26. The lowest BCUT2D eigenvalue weighted by molar-refractivity contribution is 0.0951. The van der Waals surface area contributed by atoms with Crippen LogP contribution in [0, 0.1) is 11.6 Å². The van der Waals surface area contributed by atoms with E-state index in [4.69, 9.17) is 4.74 Å². The monoisotopic (exact) mass is 517 g/mol. The third-order valence-corrected chi connectivity index (χ3v) is 6.67. The number of nitrogens with one attached hydrogen (secondary N) is 1. The van der Waals surface area contributed by atoms with Gasteiger partial charge in [0.1, 0.15) is 12.6 Å². The largest absolute Gasteiger partial charge is 0.475 e. The van der Waals surface area contributed by atoms with E-state index in [1.165, 1.54) is 6.07 Å². The number of benzene rings is 3. The zero-order valence-electron chi connectivity index (χ0n) is 21.2. The number of fused-ring (bicyclic) bond motifs is 1. The predicted molar refractivity (Wildman–Crippen MR) is 142 cm³/mol. The van der Waals surface area contributed by atoms with E-state index in [2.05, 4.69) is 14.9 Å². The molecular formula is C30H29F2N3O3. The van der Waals surface area contributed by atoms with Crippen molar-refractivity contribution in [2.24, 2.45) is 4.99 Å². The SMILES string of the molecule is CC(C)c1c(C(=O)NCc2ccc(F)c(F)c2)c2ccc(C3=N[C@@H](CO)CO3)cc2n1Cc1ccccc1. The third kappa shape index (κ3) is 5.04. The first-order chi connectivity index (χ1) is 18.4. The van der Waals surface area contributed by atoms with Crippen molar-refractivity contribution in [2.75, 3.05) is 13.2 Å². The van der Waals surface area contributed by atoms with Crippen LogP contribution in [-0.2, 0) is 17.8 Å². The zero-order valence-corrected chi connectivity index (χ0v) is 21.2. The Bertz CT molecular complexity index is 1510. The number of hydrogen-bond acceptors (Lipinski definition) is 4. The van der Waals surface area contributed by atoms with Gasteiger partial charge in [0, 0.05) is 29.7 Å². The van der Waals surface area contributed by atoms with Gasteiger partial charge in [-0.3, -0.25) is 4.79 Å². The van der Waals surface area contributed by atoms with Gasteiger partial charge in [-0.05, 0) is 41.3 Å². The Morgan fingerprint density at radius 1 is 1.08 bits per heavy atom. The van der Waals surface area contributed by atoms with Crippen molar-refractivity contribution in [3.05, 3.63) is 106 Å². The van der Waals surface area contributed by atoms with Crippen molar-refractivity contribution in [3.63, 3.8) is 0 Å². The minimum Gasteiger partial charge on any atom is -0.475 e. The quantitative estimate of drug-likeness (QED) is 0.339. The van der Waals surface area contributed by atoms with E-state index in [1.807, 2.05) is 62.4 Å². The number of amides is 1. The van der Waals surface area contributed by atoms with Gasteiger partial charge < -0.3 is 19.7 Å². The number of rotatable bonds is 8. The van der Waals surface area contributed by atoms with Gasteiger partial charge in [0.05, 0.1) is 17.7 Å². The van der Waals surface area contributed by atoms with E-state index in [1.54, 1.807) is 0 Å². The second kappa shape index (κ2) is 10.8. The Hall–Kier alpha value is -4.04. The maximum Gasteiger partial charge on any atom is 0.254 e. The predicted octanol–water partition coefficient (Wildman–Crippen LogP) is 5.16. The lowest BCUT2D eigenvalue weighted by atomic mass is 10.0. The lowest BCUT2D eigenvalue weighted by Crippen LogP contribution is -2.24. The Labute approximate surface area is 219 Å². The molecule has 1 aliphatic rings. The molecule has 1 atom stereocenters. The summed E-state index contributed by atoms with van der Waals surface area (Å²) in [5, 5.41) is 13.1. The van der Waals surface area contributed by atoms with Gasteiger partial charge in [-0.15, -0.1) is 0 Å². The Morgan fingerprint density at radius 3 is 2.55 bits per heavy atom. The second-order valence-corrected chi connectivity index (χ2v) is 9.73. The summed E-state index contributed by atoms with van der Waals surface area (Å²) in [6.07, 6.45) is 0. The van der Waals surface area contributed by atoms with Crippen molar-refractivity contribution in [1.82, 2.24) is 9.88 Å². The van der Waals surface area contributed by atoms with Gasteiger partial charge in [0.15, 0.2) is 11.6 Å². The molecule has 3 aromatic carbocycles. The molecule has 0 saturated heterocycles. The maximum atomic E-state index is 13.7. The zero-order chi connectivity index (χ0) is 26.8. The summed E-state index contributed by atoms with van der Waals surface area (Å²) in [7, 11) is 0. The molecule has 0 aliphatic carbocycles. The number of aliphatic hydroxyl groups excluding tert-OH is 1. The number of aliphatic imine (C=N–C) groups is 1. The summed E-state index contributed by atoms with van der Waals surface area (Å²) < 4.78 is 34.9. The molecule has 1 aliphatic heterocycles. The van der Waals surface area contributed by atoms with Crippen molar-refractivity contribution in [1.29, 1.82) is 0 Å². The van der Waals surface area contributed by atoms with E-state index in [9.17, 15) is 18.7 Å². The number of aromatic nitrogens is 1. The molecule has 2 N–H and O–H groups in total. The van der Waals surface area contributed by atoms with E-state index < -0.39 is 11.6 Å². The van der Waals surface area contributed by atoms with Crippen LogP contribution in [0.3, 0.4) is 0 Å². The first-order valence-electron chi connectivity index (χ1n) is 12.6. The number of hydrogen-bond donors (Lipinski definition) is 2. The summed E-state index contributed by atoms with van der Waals surface area (Å²) in [5.74, 6) is -1.70. The van der Waals surface area contributed by atoms with Crippen LogP contribution in [0.2, 0.25) is 0 Å². The molecule has 1 aromatic heterocycles. The highest BCUT2D eigenvalue weighted by molar-refractivity contribution is 6.10. The van der Waals surface area contributed by atoms with Gasteiger partial charge in [-0.1, -0.05) is 56.3 Å². The van der Waals surface area contributed by atoms with Gasteiger partial charge >= 0.3 is 0 Å². The molecule has 1 amide bonds. The molecule has 8 heteroatoms. The summed E-state index contributed by atoms with van der Waals surface area (Å²) in [6.45, 7) is 4.93. The van der Waals surface area contributed by atoms with E-state index in [0.717, 1.165) is 39.9 Å². The molecule has 4 aromatic rings. The van der Waals surface area contributed by atoms with E-state index >= 15 is 0 Å². The number of carbonyl (C=O) groups is 1. The molecule has 6 nitrogen and oxygen atoms in total. The van der Waals surface area contributed by atoms with Crippen LogP contribution in [0.1, 0.15) is 52.5 Å². The molecule has 196 valence electrons. The number of ether oxygens (including phenoxy) is 1. The number of halogens is 2. The molecule has 0 fully saturated rings. The van der Waals surface area contributed by atoms with Gasteiger partial charge in [0.25, 0.3) is 5.91 Å². The summed E-state index contributed by atoms with van der Waals surface area (Å²) in [4.78, 5) is 18.1. The Balaban J connectivity index is 1.59. The minimum atomic E-state index is -0.952. The fourth-order valence-corrected chi connectivity index (χ4v) is 4.86. The van der Waals surface area contributed by atoms with Crippen molar-refractivity contribution < 1.29 is 23.4 Å².